The van der Waals surface area contributed by atoms with E-state index in [1.807, 2.05) is 18.2 Å². The molecule has 120 valence electrons. The van der Waals surface area contributed by atoms with Gasteiger partial charge in [0.15, 0.2) is 6.10 Å². The Balaban J connectivity index is 1.60. The van der Waals surface area contributed by atoms with Gasteiger partial charge in [-0.25, -0.2) is 4.79 Å². The average Bonchev–Trinajstić information content (AvgIpc) is 3.08. The number of benzene rings is 1. The fraction of sp³-hybridized carbons (Fsp3) is 0.294. The minimum absolute atomic E-state index is 0.347. The third-order valence-corrected chi connectivity index (χ3v) is 5.40. The standard InChI is InChI=1S/C17H16BrNO3S/c1-10(16(20)19-13-6-3-5-12(18)9-13)22-17(21)15-8-11-4-2-7-14(11)23-15/h3,5-6,8-10H,2,4,7H2,1H3,(H,19,20)/t10-/m0/s1. The third-order valence-electron chi connectivity index (χ3n) is 3.69. The summed E-state index contributed by atoms with van der Waals surface area (Å²) in [7, 11) is 0. The van der Waals surface area contributed by atoms with Crippen molar-refractivity contribution >= 4 is 44.8 Å². The quantitative estimate of drug-likeness (QED) is 0.792. The van der Waals surface area contributed by atoms with Crippen LogP contribution in [-0.4, -0.2) is 18.0 Å². The van der Waals surface area contributed by atoms with Crippen molar-refractivity contribution in [1.29, 1.82) is 0 Å². The topological polar surface area (TPSA) is 55.4 Å². The van der Waals surface area contributed by atoms with Crippen molar-refractivity contribution in [2.75, 3.05) is 5.32 Å². The minimum atomic E-state index is -0.849. The van der Waals surface area contributed by atoms with Crippen LogP contribution in [0.2, 0.25) is 0 Å². The van der Waals surface area contributed by atoms with E-state index >= 15 is 0 Å². The number of halogens is 1. The fourth-order valence-electron chi connectivity index (χ4n) is 2.51. The molecule has 3 rings (SSSR count). The Bertz CT molecular complexity index is 735. The minimum Gasteiger partial charge on any atom is -0.448 e. The van der Waals surface area contributed by atoms with Crippen LogP contribution in [0.5, 0.6) is 0 Å². The van der Waals surface area contributed by atoms with Gasteiger partial charge in [-0.05, 0) is 56.0 Å². The van der Waals surface area contributed by atoms with Crippen molar-refractivity contribution in [3.63, 3.8) is 0 Å². The predicted molar refractivity (Wildman–Crippen MR) is 94.0 cm³/mol. The van der Waals surface area contributed by atoms with Crippen molar-refractivity contribution in [3.05, 3.63) is 50.1 Å². The van der Waals surface area contributed by atoms with E-state index < -0.39 is 12.1 Å². The molecule has 6 heteroatoms. The van der Waals surface area contributed by atoms with E-state index in [1.54, 1.807) is 19.1 Å². The van der Waals surface area contributed by atoms with Crippen molar-refractivity contribution in [3.8, 4) is 0 Å². The molecule has 4 nitrogen and oxygen atoms in total. The molecule has 1 aromatic carbocycles. The first-order chi connectivity index (χ1) is 11.0. The van der Waals surface area contributed by atoms with Crippen LogP contribution in [0.3, 0.4) is 0 Å². The number of nitrogens with one attached hydrogen (secondary N) is 1. The Morgan fingerprint density at radius 1 is 1.30 bits per heavy atom. The second-order valence-corrected chi connectivity index (χ2v) is 7.51. The summed E-state index contributed by atoms with van der Waals surface area (Å²) < 4.78 is 6.15. The molecule has 0 saturated carbocycles. The molecule has 1 N–H and O–H groups in total. The Labute approximate surface area is 147 Å². The maximum absolute atomic E-state index is 12.2. The number of rotatable bonds is 4. The highest BCUT2D eigenvalue weighted by molar-refractivity contribution is 9.10. The van der Waals surface area contributed by atoms with E-state index in [4.69, 9.17) is 4.74 Å². The normalized spacial score (nSPS) is 14.2. The zero-order chi connectivity index (χ0) is 16.4. The van der Waals surface area contributed by atoms with Crippen LogP contribution in [0.4, 0.5) is 5.69 Å². The van der Waals surface area contributed by atoms with Gasteiger partial charge in [0.05, 0.1) is 0 Å². The van der Waals surface area contributed by atoms with Gasteiger partial charge in [0, 0.05) is 15.0 Å². The number of fused-ring (bicyclic) bond motifs is 1. The molecule has 2 aromatic rings. The monoisotopic (exact) mass is 393 g/mol. The Morgan fingerprint density at radius 3 is 2.87 bits per heavy atom. The van der Waals surface area contributed by atoms with E-state index in [0.29, 0.717) is 10.6 Å². The van der Waals surface area contributed by atoms with Crippen LogP contribution in [0.1, 0.15) is 33.5 Å². The van der Waals surface area contributed by atoms with Crippen LogP contribution in [0, 0.1) is 0 Å². The first-order valence-corrected chi connectivity index (χ1v) is 9.03. The summed E-state index contributed by atoms with van der Waals surface area (Å²) in [6.07, 6.45) is 2.37. The lowest BCUT2D eigenvalue weighted by Gasteiger charge is -2.13. The zero-order valence-electron chi connectivity index (χ0n) is 12.6. The average molecular weight is 394 g/mol. The van der Waals surface area contributed by atoms with Crippen molar-refractivity contribution in [1.82, 2.24) is 0 Å². The summed E-state index contributed by atoms with van der Waals surface area (Å²) in [6, 6.07) is 9.16. The molecule has 0 unspecified atom stereocenters. The summed E-state index contributed by atoms with van der Waals surface area (Å²) in [5, 5.41) is 2.74. The second kappa shape index (κ2) is 6.84. The summed E-state index contributed by atoms with van der Waals surface area (Å²) in [4.78, 5) is 26.1. The molecule has 0 spiro atoms. The second-order valence-electron chi connectivity index (χ2n) is 5.46. The Morgan fingerprint density at radius 2 is 2.13 bits per heavy atom. The molecule has 1 aromatic heterocycles. The number of carbonyl (C=O) groups is 2. The van der Waals surface area contributed by atoms with Gasteiger partial charge in [-0.2, -0.15) is 0 Å². The molecule has 1 aliphatic carbocycles. The molecular weight excluding hydrogens is 378 g/mol. The fourth-order valence-corrected chi connectivity index (χ4v) is 4.05. The van der Waals surface area contributed by atoms with Crippen molar-refractivity contribution < 1.29 is 14.3 Å². The summed E-state index contributed by atoms with van der Waals surface area (Å²) in [5.41, 5.74) is 1.90. The van der Waals surface area contributed by atoms with E-state index in [1.165, 1.54) is 21.8 Å². The lowest BCUT2D eigenvalue weighted by atomic mass is 10.2. The molecule has 0 saturated heterocycles. The number of carbonyl (C=O) groups excluding carboxylic acids is 2. The highest BCUT2D eigenvalue weighted by Crippen LogP contribution is 2.31. The van der Waals surface area contributed by atoms with Crippen LogP contribution >= 0.6 is 27.3 Å². The molecule has 0 radical (unpaired) electrons. The number of amides is 1. The van der Waals surface area contributed by atoms with Crippen molar-refractivity contribution in [2.45, 2.75) is 32.3 Å². The Kier molecular flexibility index (Phi) is 4.82. The summed E-state index contributed by atoms with van der Waals surface area (Å²) in [5.74, 6) is -0.776. The lowest BCUT2D eigenvalue weighted by Crippen LogP contribution is -2.29. The number of hydrogen-bond donors (Lipinski definition) is 1. The smallest absolute Gasteiger partial charge is 0.349 e. The SMILES string of the molecule is C[C@H](OC(=O)c1cc2c(s1)CCC2)C(=O)Nc1cccc(Br)c1. The summed E-state index contributed by atoms with van der Waals surface area (Å²) in [6.45, 7) is 1.58. The first-order valence-electron chi connectivity index (χ1n) is 7.42. The predicted octanol–water partition coefficient (Wildman–Crippen LogP) is 4.18. The van der Waals surface area contributed by atoms with Gasteiger partial charge in [-0.1, -0.05) is 22.0 Å². The number of esters is 1. The molecule has 1 amide bonds. The summed E-state index contributed by atoms with van der Waals surface area (Å²) >= 11 is 4.82. The lowest BCUT2D eigenvalue weighted by molar-refractivity contribution is -0.123. The molecule has 0 aliphatic heterocycles. The van der Waals surface area contributed by atoms with E-state index in [-0.39, 0.29) is 5.91 Å². The van der Waals surface area contributed by atoms with Gasteiger partial charge < -0.3 is 10.1 Å². The van der Waals surface area contributed by atoms with E-state index in [2.05, 4.69) is 21.2 Å². The number of thiophene rings is 1. The highest BCUT2D eigenvalue weighted by Gasteiger charge is 2.23. The van der Waals surface area contributed by atoms with Crippen LogP contribution in [0.15, 0.2) is 34.8 Å². The third kappa shape index (κ3) is 3.82. The maximum Gasteiger partial charge on any atom is 0.349 e. The van der Waals surface area contributed by atoms with Gasteiger partial charge in [-0.15, -0.1) is 11.3 Å². The van der Waals surface area contributed by atoms with Gasteiger partial charge >= 0.3 is 5.97 Å². The van der Waals surface area contributed by atoms with Gasteiger partial charge in [-0.3, -0.25) is 4.79 Å². The molecule has 23 heavy (non-hydrogen) atoms. The number of anilines is 1. The van der Waals surface area contributed by atoms with E-state index in [0.717, 1.165) is 23.7 Å². The van der Waals surface area contributed by atoms with Gasteiger partial charge in [0.1, 0.15) is 4.88 Å². The molecule has 0 fully saturated rings. The molecule has 0 bridgehead atoms. The molecular formula is C17H16BrNO3S. The zero-order valence-corrected chi connectivity index (χ0v) is 15.0. The van der Waals surface area contributed by atoms with Crippen LogP contribution in [0.25, 0.3) is 0 Å². The highest BCUT2D eigenvalue weighted by atomic mass is 79.9. The number of hydrogen-bond acceptors (Lipinski definition) is 4. The largest absolute Gasteiger partial charge is 0.448 e. The number of ether oxygens (including phenoxy) is 1. The molecule has 1 heterocycles. The number of aryl methyl sites for hydroxylation is 2. The maximum atomic E-state index is 12.2. The Hall–Kier alpha value is -1.66. The first kappa shape index (κ1) is 16.2. The molecule has 1 aliphatic rings. The van der Waals surface area contributed by atoms with Crippen LogP contribution < -0.4 is 5.32 Å². The van der Waals surface area contributed by atoms with Crippen LogP contribution in [-0.2, 0) is 22.4 Å². The van der Waals surface area contributed by atoms with E-state index in [9.17, 15) is 9.59 Å². The van der Waals surface area contributed by atoms with Crippen molar-refractivity contribution in [2.24, 2.45) is 0 Å². The van der Waals surface area contributed by atoms with Gasteiger partial charge in [0.2, 0.25) is 0 Å². The van der Waals surface area contributed by atoms with Gasteiger partial charge in [0.25, 0.3) is 5.91 Å². The molecule has 1 atom stereocenters.